The molecule has 0 aliphatic heterocycles. The zero-order chi connectivity index (χ0) is 37.3. The molecule has 0 fully saturated rings. The third-order valence-electron chi connectivity index (χ3n) is 10.8. The van der Waals surface area contributed by atoms with Gasteiger partial charge in [-0.1, -0.05) is 182 Å². The quantitative estimate of drug-likeness (QED) is 0.152. The molecule has 56 heavy (non-hydrogen) atoms. The molecule has 0 saturated heterocycles. The highest BCUT2D eigenvalue weighted by Gasteiger charge is 2.25. The summed E-state index contributed by atoms with van der Waals surface area (Å²) in [4.78, 5) is 2.50. The molecule has 0 spiro atoms. The number of hydrogen-bond acceptors (Lipinski definition) is 1. The number of hydrogen-bond donors (Lipinski definition) is 0. The first kappa shape index (κ1) is 33.2. The minimum atomic E-state index is 1.10. The standard InChI is InChI=1S/C54H38N2/c1-5-18-39(19-6-1)40-32-34-41(35-33-40)44-36-37-51(48(38-44)43-22-9-3-10-23-43)56(49-28-15-13-26-46(49)42-20-7-2-8-21-42)53-31-17-30-52-54(53)47-27-14-16-29-50(47)55(52)45-24-11-4-12-25-45/h1-38H. The number of aromatic nitrogens is 1. The second-order valence-electron chi connectivity index (χ2n) is 14.1. The van der Waals surface area contributed by atoms with Crippen LogP contribution in [0.3, 0.4) is 0 Å². The summed E-state index contributed by atoms with van der Waals surface area (Å²) in [6, 6.07) is 83.1. The van der Waals surface area contributed by atoms with Crippen molar-refractivity contribution in [2.75, 3.05) is 4.90 Å². The highest BCUT2D eigenvalue weighted by molar-refractivity contribution is 6.17. The fraction of sp³-hybridized carbons (Fsp3) is 0. The van der Waals surface area contributed by atoms with Crippen LogP contribution in [0, 0.1) is 0 Å². The van der Waals surface area contributed by atoms with Gasteiger partial charge in [-0.15, -0.1) is 0 Å². The maximum atomic E-state index is 2.50. The lowest BCUT2D eigenvalue weighted by Crippen LogP contribution is -2.13. The molecule has 1 aromatic heterocycles. The van der Waals surface area contributed by atoms with Crippen LogP contribution >= 0.6 is 0 Å². The van der Waals surface area contributed by atoms with Gasteiger partial charge < -0.3 is 9.47 Å². The van der Waals surface area contributed by atoms with Crippen LogP contribution in [-0.2, 0) is 0 Å². The van der Waals surface area contributed by atoms with E-state index in [1.165, 1.54) is 44.1 Å². The molecule has 0 atom stereocenters. The van der Waals surface area contributed by atoms with Crippen molar-refractivity contribution in [1.82, 2.24) is 4.57 Å². The number of nitrogens with zero attached hydrogens (tertiary/aromatic N) is 2. The maximum Gasteiger partial charge on any atom is 0.0562 e. The predicted molar refractivity (Wildman–Crippen MR) is 237 cm³/mol. The Bertz CT molecular complexity index is 2930. The van der Waals surface area contributed by atoms with Crippen molar-refractivity contribution in [2.45, 2.75) is 0 Å². The van der Waals surface area contributed by atoms with Crippen molar-refractivity contribution >= 4 is 38.9 Å². The van der Waals surface area contributed by atoms with Crippen LogP contribution in [0.2, 0.25) is 0 Å². The molecule has 0 saturated carbocycles. The van der Waals surface area contributed by atoms with E-state index in [2.05, 4.69) is 240 Å². The summed E-state index contributed by atoms with van der Waals surface area (Å²) in [6.45, 7) is 0. The maximum absolute atomic E-state index is 2.50. The van der Waals surface area contributed by atoms with Crippen molar-refractivity contribution in [3.05, 3.63) is 231 Å². The molecule has 0 amide bonds. The van der Waals surface area contributed by atoms with E-state index in [1.807, 2.05) is 0 Å². The van der Waals surface area contributed by atoms with Crippen LogP contribution in [0.15, 0.2) is 231 Å². The Morgan fingerprint density at radius 2 is 0.750 bits per heavy atom. The first-order valence-electron chi connectivity index (χ1n) is 19.2. The van der Waals surface area contributed by atoms with E-state index in [0.717, 1.165) is 45.0 Å². The molecule has 0 unspecified atom stereocenters. The number of benzene rings is 9. The molecule has 2 nitrogen and oxygen atoms in total. The summed E-state index contributed by atoms with van der Waals surface area (Å²) < 4.78 is 2.40. The molecule has 2 heteroatoms. The van der Waals surface area contributed by atoms with E-state index >= 15 is 0 Å². The Labute approximate surface area is 327 Å². The van der Waals surface area contributed by atoms with Gasteiger partial charge in [-0.25, -0.2) is 0 Å². The molecule has 1 heterocycles. The molecule has 0 N–H and O–H groups in total. The van der Waals surface area contributed by atoms with E-state index in [4.69, 9.17) is 0 Å². The largest absolute Gasteiger partial charge is 0.309 e. The van der Waals surface area contributed by atoms with Crippen molar-refractivity contribution in [2.24, 2.45) is 0 Å². The lowest BCUT2D eigenvalue weighted by molar-refractivity contribution is 1.18. The van der Waals surface area contributed by atoms with Gasteiger partial charge in [0.25, 0.3) is 0 Å². The first-order valence-corrected chi connectivity index (χ1v) is 19.2. The van der Waals surface area contributed by atoms with Gasteiger partial charge in [0.15, 0.2) is 0 Å². The number of anilines is 3. The topological polar surface area (TPSA) is 8.17 Å². The minimum Gasteiger partial charge on any atom is -0.309 e. The summed E-state index contributed by atoms with van der Waals surface area (Å²) in [5, 5.41) is 2.41. The molecule has 0 bridgehead atoms. The van der Waals surface area contributed by atoms with Gasteiger partial charge in [-0.05, 0) is 81.9 Å². The van der Waals surface area contributed by atoms with E-state index in [1.54, 1.807) is 0 Å². The zero-order valence-electron chi connectivity index (χ0n) is 30.8. The predicted octanol–water partition coefficient (Wildman–Crippen LogP) is 14.9. The van der Waals surface area contributed by atoms with E-state index in [-0.39, 0.29) is 0 Å². The molecular weight excluding hydrogens is 677 g/mol. The van der Waals surface area contributed by atoms with Crippen LogP contribution in [-0.4, -0.2) is 4.57 Å². The number of para-hydroxylation sites is 3. The van der Waals surface area contributed by atoms with Gasteiger partial charge in [-0.3, -0.25) is 0 Å². The lowest BCUT2D eigenvalue weighted by Gasteiger charge is -2.31. The Morgan fingerprint density at radius 3 is 1.45 bits per heavy atom. The van der Waals surface area contributed by atoms with Crippen LogP contribution in [0.5, 0.6) is 0 Å². The average molecular weight is 715 g/mol. The second-order valence-corrected chi connectivity index (χ2v) is 14.1. The normalized spacial score (nSPS) is 11.2. The van der Waals surface area contributed by atoms with Crippen molar-refractivity contribution in [3.8, 4) is 50.2 Å². The Balaban J connectivity index is 1.25. The van der Waals surface area contributed by atoms with Gasteiger partial charge in [0.05, 0.1) is 28.1 Å². The van der Waals surface area contributed by atoms with Gasteiger partial charge in [0.2, 0.25) is 0 Å². The fourth-order valence-corrected chi connectivity index (χ4v) is 8.21. The summed E-state index contributed by atoms with van der Waals surface area (Å²) >= 11 is 0. The SMILES string of the molecule is c1ccc(-c2ccc(-c3ccc(N(c4ccccc4-c4ccccc4)c4cccc5c4c4ccccc4n5-c4ccccc4)c(-c4ccccc4)c3)cc2)cc1. The third kappa shape index (κ3) is 5.95. The average Bonchev–Trinajstić information content (AvgIpc) is 3.63. The summed E-state index contributed by atoms with van der Waals surface area (Å²) in [7, 11) is 0. The molecule has 0 aliphatic carbocycles. The first-order chi connectivity index (χ1) is 27.8. The van der Waals surface area contributed by atoms with Gasteiger partial charge in [-0.2, -0.15) is 0 Å². The zero-order valence-corrected chi connectivity index (χ0v) is 30.8. The summed E-state index contributed by atoms with van der Waals surface area (Å²) in [5.74, 6) is 0. The van der Waals surface area contributed by atoms with Crippen molar-refractivity contribution in [1.29, 1.82) is 0 Å². The van der Waals surface area contributed by atoms with Crippen molar-refractivity contribution in [3.63, 3.8) is 0 Å². The molecular formula is C54H38N2. The number of rotatable bonds is 8. The Hall–Kier alpha value is -7.42. The van der Waals surface area contributed by atoms with Crippen LogP contribution in [0.4, 0.5) is 17.1 Å². The van der Waals surface area contributed by atoms with Crippen LogP contribution in [0.1, 0.15) is 0 Å². The number of fused-ring (bicyclic) bond motifs is 3. The van der Waals surface area contributed by atoms with Gasteiger partial charge in [0.1, 0.15) is 0 Å². The van der Waals surface area contributed by atoms with Gasteiger partial charge in [0, 0.05) is 27.6 Å². The summed E-state index contributed by atoms with van der Waals surface area (Å²) in [5.41, 5.74) is 16.2. The van der Waals surface area contributed by atoms with Crippen LogP contribution in [0.25, 0.3) is 72.0 Å². The fourth-order valence-electron chi connectivity index (χ4n) is 8.21. The minimum absolute atomic E-state index is 1.10. The molecule has 10 aromatic rings. The summed E-state index contributed by atoms with van der Waals surface area (Å²) in [6.07, 6.45) is 0. The molecule has 264 valence electrons. The highest BCUT2D eigenvalue weighted by Crippen LogP contribution is 2.49. The van der Waals surface area contributed by atoms with Crippen molar-refractivity contribution < 1.29 is 0 Å². The highest BCUT2D eigenvalue weighted by atomic mass is 15.2. The van der Waals surface area contributed by atoms with E-state index < -0.39 is 0 Å². The van der Waals surface area contributed by atoms with Crippen LogP contribution < -0.4 is 4.90 Å². The van der Waals surface area contributed by atoms with E-state index in [9.17, 15) is 0 Å². The monoisotopic (exact) mass is 714 g/mol. The van der Waals surface area contributed by atoms with E-state index in [0.29, 0.717) is 0 Å². The Morgan fingerprint density at radius 1 is 0.286 bits per heavy atom. The molecule has 9 aromatic carbocycles. The smallest absolute Gasteiger partial charge is 0.0562 e. The Kier molecular flexibility index (Phi) is 8.55. The lowest BCUT2D eigenvalue weighted by atomic mass is 9.94. The third-order valence-corrected chi connectivity index (χ3v) is 10.8. The van der Waals surface area contributed by atoms with Gasteiger partial charge >= 0.3 is 0 Å². The molecule has 0 radical (unpaired) electrons. The second kappa shape index (κ2) is 14.4. The molecule has 10 rings (SSSR count). The molecule has 0 aliphatic rings.